The van der Waals surface area contributed by atoms with Gasteiger partial charge in [-0.1, -0.05) is 63.9 Å². The van der Waals surface area contributed by atoms with E-state index in [0.29, 0.717) is 6.04 Å². The van der Waals surface area contributed by atoms with Crippen LogP contribution in [0.1, 0.15) is 84.0 Å². The molecule has 0 bridgehead atoms. The number of nitrogens with one attached hydrogen (secondary N) is 1. The zero-order chi connectivity index (χ0) is 13.5. The molecule has 0 saturated heterocycles. The van der Waals surface area contributed by atoms with Crippen molar-refractivity contribution < 1.29 is 0 Å². The Labute approximate surface area is 115 Å². The molecule has 1 unspecified atom stereocenters. The first-order valence-electron chi connectivity index (χ1n) is 8.09. The van der Waals surface area contributed by atoms with E-state index in [2.05, 4.69) is 25.9 Å². The fourth-order valence-corrected chi connectivity index (χ4v) is 2.30. The summed E-state index contributed by atoms with van der Waals surface area (Å²) < 4.78 is 0. The number of allylic oxidation sites excluding steroid dienone is 1. The van der Waals surface area contributed by atoms with Crippen LogP contribution in [0.15, 0.2) is 12.7 Å². The molecule has 18 heavy (non-hydrogen) atoms. The molecule has 108 valence electrons. The van der Waals surface area contributed by atoms with Gasteiger partial charge in [-0.2, -0.15) is 0 Å². The first kappa shape index (κ1) is 17.7. The fourth-order valence-electron chi connectivity index (χ4n) is 2.30. The van der Waals surface area contributed by atoms with Crippen molar-refractivity contribution in [3.8, 4) is 0 Å². The standard InChI is InChI=1S/C17H35N/c1-4-5-6-7-8-9-10-11-12-13-14-15-16-17(2)18-3/h4,17-18H,1,5-16H2,2-3H3. The third-order valence-corrected chi connectivity index (χ3v) is 3.79. The van der Waals surface area contributed by atoms with Gasteiger partial charge in [0, 0.05) is 6.04 Å². The van der Waals surface area contributed by atoms with Crippen molar-refractivity contribution in [1.82, 2.24) is 5.32 Å². The van der Waals surface area contributed by atoms with Gasteiger partial charge in [0.2, 0.25) is 0 Å². The lowest BCUT2D eigenvalue weighted by molar-refractivity contribution is 0.502. The van der Waals surface area contributed by atoms with Crippen molar-refractivity contribution in [2.75, 3.05) is 7.05 Å². The Kier molecular flexibility index (Phi) is 14.5. The normalized spacial score (nSPS) is 12.6. The van der Waals surface area contributed by atoms with Crippen molar-refractivity contribution in [3.63, 3.8) is 0 Å². The maximum absolute atomic E-state index is 3.76. The van der Waals surface area contributed by atoms with Crippen LogP contribution in [-0.2, 0) is 0 Å². The zero-order valence-corrected chi connectivity index (χ0v) is 12.8. The first-order valence-corrected chi connectivity index (χ1v) is 8.09. The van der Waals surface area contributed by atoms with Gasteiger partial charge in [-0.25, -0.2) is 0 Å². The SMILES string of the molecule is C=CCCCCCCCCCCCCC(C)NC. The third kappa shape index (κ3) is 13.8. The Hall–Kier alpha value is -0.300. The van der Waals surface area contributed by atoms with Crippen molar-refractivity contribution in [2.45, 2.75) is 90.0 Å². The minimum atomic E-state index is 0.695. The summed E-state index contributed by atoms with van der Waals surface area (Å²) in [5.74, 6) is 0. The quantitative estimate of drug-likeness (QED) is 0.320. The second-order valence-corrected chi connectivity index (χ2v) is 5.59. The fraction of sp³-hybridized carbons (Fsp3) is 0.882. The average molecular weight is 253 g/mol. The van der Waals surface area contributed by atoms with Crippen molar-refractivity contribution in [2.24, 2.45) is 0 Å². The van der Waals surface area contributed by atoms with Gasteiger partial charge >= 0.3 is 0 Å². The van der Waals surface area contributed by atoms with Gasteiger partial charge in [-0.15, -0.1) is 6.58 Å². The summed E-state index contributed by atoms with van der Waals surface area (Å²) in [4.78, 5) is 0. The minimum Gasteiger partial charge on any atom is -0.317 e. The molecule has 0 saturated carbocycles. The second kappa shape index (κ2) is 14.8. The largest absolute Gasteiger partial charge is 0.317 e. The third-order valence-electron chi connectivity index (χ3n) is 3.79. The van der Waals surface area contributed by atoms with E-state index in [1.807, 2.05) is 6.08 Å². The molecular weight excluding hydrogens is 218 g/mol. The molecule has 0 aliphatic heterocycles. The molecule has 0 aromatic rings. The Balaban J connectivity index is 2.96. The molecule has 0 aromatic carbocycles. The Morgan fingerprint density at radius 3 is 1.72 bits per heavy atom. The molecule has 0 rings (SSSR count). The second-order valence-electron chi connectivity index (χ2n) is 5.59. The molecule has 0 aromatic heterocycles. The summed E-state index contributed by atoms with van der Waals surface area (Å²) >= 11 is 0. The number of hydrogen-bond donors (Lipinski definition) is 1. The molecule has 0 amide bonds. The molecule has 1 N–H and O–H groups in total. The van der Waals surface area contributed by atoms with Crippen LogP contribution < -0.4 is 5.32 Å². The number of hydrogen-bond acceptors (Lipinski definition) is 1. The average Bonchev–Trinajstić information content (AvgIpc) is 2.39. The lowest BCUT2D eigenvalue weighted by atomic mass is 10.0. The molecule has 0 radical (unpaired) electrons. The highest BCUT2D eigenvalue weighted by molar-refractivity contribution is 4.65. The Bertz CT molecular complexity index is 165. The van der Waals surface area contributed by atoms with Crippen LogP contribution in [0, 0.1) is 0 Å². The van der Waals surface area contributed by atoms with Crippen molar-refractivity contribution in [1.29, 1.82) is 0 Å². The van der Waals surface area contributed by atoms with Crippen LogP contribution in [0.5, 0.6) is 0 Å². The van der Waals surface area contributed by atoms with E-state index in [4.69, 9.17) is 0 Å². The lowest BCUT2D eigenvalue weighted by Gasteiger charge is -2.09. The Morgan fingerprint density at radius 2 is 1.28 bits per heavy atom. The lowest BCUT2D eigenvalue weighted by Crippen LogP contribution is -2.20. The van der Waals surface area contributed by atoms with E-state index in [-0.39, 0.29) is 0 Å². The van der Waals surface area contributed by atoms with E-state index in [9.17, 15) is 0 Å². The van der Waals surface area contributed by atoms with E-state index in [1.165, 1.54) is 77.0 Å². The van der Waals surface area contributed by atoms with Gasteiger partial charge < -0.3 is 5.32 Å². The van der Waals surface area contributed by atoms with Gasteiger partial charge in [0.25, 0.3) is 0 Å². The Morgan fingerprint density at radius 1 is 0.833 bits per heavy atom. The predicted molar refractivity (Wildman–Crippen MR) is 84.1 cm³/mol. The molecule has 0 aliphatic rings. The molecule has 1 atom stereocenters. The molecular formula is C17H35N. The predicted octanol–water partition coefficient (Wildman–Crippen LogP) is 5.46. The van der Waals surface area contributed by atoms with Crippen LogP contribution in [0.3, 0.4) is 0 Å². The topological polar surface area (TPSA) is 12.0 Å². The van der Waals surface area contributed by atoms with Crippen molar-refractivity contribution in [3.05, 3.63) is 12.7 Å². The van der Waals surface area contributed by atoms with Crippen LogP contribution in [0.2, 0.25) is 0 Å². The summed E-state index contributed by atoms with van der Waals surface area (Å²) in [6.07, 6.45) is 18.8. The highest BCUT2D eigenvalue weighted by Gasteiger charge is 1.97. The molecule has 1 heteroatoms. The summed E-state index contributed by atoms with van der Waals surface area (Å²) in [5.41, 5.74) is 0. The van der Waals surface area contributed by atoms with Gasteiger partial charge in [-0.3, -0.25) is 0 Å². The summed E-state index contributed by atoms with van der Waals surface area (Å²) in [7, 11) is 2.06. The van der Waals surface area contributed by atoms with Gasteiger partial charge in [0.05, 0.1) is 0 Å². The smallest absolute Gasteiger partial charge is 0.00357 e. The molecule has 0 fully saturated rings. The van der Waals surface area contributed by atoms with Gasteiger partial charge in [-0.05, 0) is 33.2 Å². The summed E-state index contributed by atoms with van der Waals surface area (Å²) in [6.45, 7) is 6.03. The number of unbranched alkanes of at least 4 members (excludes halogenated alkanes) is 10. The van der Waals surface area contributed by atoms with Crippen LogP contribution in [-0.4, -0.2) is 13.1 Å². The molecule has 1 nitrogen and oxygen atoms in total. The van der Waals surface area contributed by atoms with Crippen LogP contribution in [0.4, 0.5) is 0 Å². The van der Waals surface area contributed by atoms with Gasteiger partial charge in [0.1, 0.15) is 0 Å². The van der Waals surface area contributed by atoms with E-state index >= 15 is 0 Å². The van der Waals surface area contributed by atoms with E-state index < -0.39 is 0 Å². The maximum atomic E-state index is 3.76. The highest BCUT2D eigenvalue weighted by Crippen LogP contribution is 2.12. The monoisotopic (exact) mass is 253 g/mol. The minimum absolute atomic E-state index is 0.695. The molecule has 0 spiro atoms. The summed E-state index contributed by atoms with van der Waals surface area (Å²) in [5, 5.41) is 3.30. The highest BCUT2D eigenvalue weighted by atomic mass is 14.8. The van der Waals surface area contributed by atoms with Crippen molar-refractivity contribution >= 4 is 0 Å². The van der Waals surface area contributed by atoms with Gasteiger partial charge in [0.15, 0.2) is 0 Å². The zero-order valence-electron chi connectivity index (χ0n) is 12.8. The summed E-state index contributed by atoms with van der Waals surface area (Å²) in [6, 6.07) is 0.695. The van der Waals surface area contributed by atoms with E-state index in [1.54, 1.807) is 0 Å². The van der Waals surface area contributed by atoms with Crippen LogP contribution in [0.25, 0.3) is 0 Å². The first-order chi connectivity index (χ1) is 8.81. The number of rotatable bonds is 14. The molecule has 0 heterocycles. The van der Waals surface area contributed by atoms with Crippen LogP contribution >= 0.6 is 0 Å². The maximum Gasteiger partial charge on any atom is 0.00357 e. The molecule has 0 aliphatic carbocycles. The van der Waals surface area contributed by atoms with E-state index in [0.717, 1.165) is 0 Å².